The summed E-state index contributed by atoms with van der Waals surface area (Å²) >= 11 is 5.70. The first kappa shape index (κ1) is 20.6. The normalized spacial score (nSPS) is 11.7. The van der Waals surface area contributed by atoms with Crippen LogP contribution in [0.1, 0.15) is 15.9 Å². The Labute approximate surface area is 179 Å². The van der Waals surface area contributed by atoms with Crippen LogP contribution in [0, 0.1) is 11.3 Å². The number of fused-ring (bicyclic) bond motifs is 1. The third-order valence-corrected chi connectivity index (χ3v) is 5.70. The van der Waals surface area contributed by atoms with Gasteiger partial charge in [-0.25, -0.2) is 0 Å². The van der Waals surface area contributed by atoms with E-state index in [2.05, 4.69) is 18.7 Å². The Kier molecular flexibility index (Phi) is 6.70. The number of rotatable bonds is 2. The van der Waals surface area contributed by atoms with Gasteiger partial charge in [0.05, 0.1) is 24.2 Å². The van der Waals surface area contributed by atoms with Gasteiger partial charge in [-0.1, -0.05) is 24.3 Å². The number of hydrogen-bond acceptors (Lipinski definition) is 6. The summed E-state index contributed by atoms with van der Waals surface area (Å²) in [4.78, 5) is 16.3. The van der Waals surface area contributed by atoms with Crippen LogP contribution in [0.2, 0.25) is 0 Å². The molecule has 3 aromatic carbocycles. The fourth-order valence-electron chi connectivity index (χ4n) is 2.75. The second-order valence-corrected chi connectivity index (χ2v) is 7.53. The van der Waals surface area contributed by atoms with Crippen LogP contribution in [0.15, 0.2) is 76.5 Å². The Morgan fingerprint density at radius 1 is 1.17 bits per heavy atom. The van der Waals surface area contributed by atoms with Crippen molar-refractivity contribution >= 4 is 41.7 Å². The van der Waals surface area contributed by atoms with Gasteiger partial charge in [0.25, 0.3) is 5.91 Å². The molecule has 1 heterocycles. The lowest BCUT2D eigenvalue weighted by Crippen LogP contribution is -2.27. The molecule has 0 aliphatic carbocycles. The van der Waals surface area contributed by atoms with Gasteiger partial charge in [0.1, 0.15) is 11.8 Å². The molecule has 5 nitrogen and oxygen atoms in total. The fraction of sp³-hybridized carbons (Fsp3) is 0.0909. The topological polar surface area (TPSA) is 79.3 Å². The van der Waals surface area contributed by atoms with E-state index in [1.807, 2.05) is 48.5 Å². The number of nitrogen functional groups attached to an aromatic ring is 1. The molecule has 0 saturated heterocycles. The van der Waals surface area contributed by atoms with Crippen LogP contribution in [-0.4, -0.2) is 18.9 Å². The number of nitrogens with zero attached hydrogens (tertiary/aromatic N) is 2. The number of para-hydroxylation sites is 2. The van der Waals surface area contributed by atoms with Gasteiger partial charge < -0.3 is 10.5 Å². The second kappa shape index (κ2) is 9.41. The highest BCUT2D eigenvalue weighted by Gasteiger charge is 2.26. The summed E-state index contributed by atoms with van der Waals surface area (Å²) in [6.07, 6.45) is 0. The number of nitrogens with two attached hydrogens (primary N) is 1. The molecule has 7 heteroatoms. The van der Waals surface area contributed by atoms with Crippen LogP contribution in [0.3, 0.4) is 0 Å². The number of carbonyl (C=O) groups is 1. The lowest BCUT2D eigenvalue weighted by molar-refractivity contribution is 0.0992. The van der Waals surface area contributed by atoms with Gasteiger partial charge in [-0.05, 0) is 42.5 Å². The standard InChI is InChI=1S/C16H12N2O2S.C6H7NS/c1-20-14-7-6-11(8-12(14)9-17)16(19)18-10-21-15-5-3-2-4-13(15)18;7-5-3-1-2-4-6(5)8/h2-8H,10H2,1H3;1-4,8H,7H2. The zero-order valence-corrected chi connectivity index (χ0v) is 17.4. The third kappa shape index (κ3) is 4.67. The number of ether oxygens (including phenoxy) is 1. The maximum atomic E-state index is 12.6. The van der Waals surface area contributed by atoms with Gasteiger partial charge in [-0.3, -0.25) is 9.69 Å². The maximum absolute atomic E-state index is 12.6. The molecule has 2 N–H and O–H groups in total. The minimum atomic E-state index is -0.105. The number of thiol groups is 1. The zero-order valence-electron chi connectivity index (χ0n) is 15.7. The van der Waals surface area contributed by atoms with Crippen molar-refractivity contribution in [3.8, 4) is 11.8 Å². The van der Waals surface area contributed by atoms with Crippen molar-refractivity contribution < 1.29 is 9.53 Å². The molecule has 0 bridgehead atoms. The van der Waals surface area contributed by atoms with E-state index in [-0.39, 0.29) is 5.91 Å². The Morgan fingerprint density at radius 2 is 1.90 bits per heavy atom. The predicted molar refractivity (Wildman–Crippen MR) is 120 cm³/mol. The number of carbonyl (C=O) groups excluding carboxylic acids is 1. The molecule has 3 aromatic rings. The van der Waals surface area contributed by atoms with Crippen molar-refractivity contribution in [2.45, 2.75) is 9.79 Å². The molecule has 0 fully saturated rings. The van der Waals surface area contributed by atoms with Crippen LogP contribution in [0.4, 0.5) is 11.4 Å². The van der Waals surface area contributed by atoms with Gasteiger partial charge in [0, 0.05) is 21.0 Å². The Bertz CT molecular complexity index is 1060. The van der Waals surface area contributed by atoms with Crippen molar-refractivity contribution in [3.05, 3.63) is 77.9 Å². The van der Waals surface area contributed by atoms with E-state index >= 15 is 0 Å². The van der Waals surface area contributed by atoms with E-state index in [0.29, 0.717) is 22.8 Å². The van der Waals surface area contributed by atoms with E-state index < -0.39 is 0 Å². The molecule has 29 heavy (non-hydrogen) atoms. The number of nitriles is 1. The molecule has 0 atom stereocenters. The maximum Gasteiger partial charge on any atom is 0.259 e. The van der Waals surface area contributed by atoms with Crippen LogP contribution in [0.5, 0.6) is 5.75 Å². The van der Waals surface area contributed by atoms with Crippen LogP contribution >= 0.6 is 24.4 Å². The lowest BCUT2D eigenvalue weighted by Gasteiger charge is -2.16. The van der Waals surface area contributed by atoms with E-state index in [9.17, 15) is 4.79 Å². The molecule has 4 rings (SSSR count). The third-order valence-electron chi connectivity index (χ3n) is 4.25. The summed E-state index contributed by atoms with van der Waals surface area (Å²) in [5.41, 5.74) is 7.95. The Balaban J connectivity index is 0.000000252. The first-order valence-electron chi connectivity index (χ1n) is 8.70. The zero-order chi connectivity index (χ0) is 20.8. The molecular weight excluding hydrogens is 402 g/mol. The smallest absolute Gasteiger partial charge is 0.259 e. The largest absolute Gasteiger partial charge is 0.495 e. The quantitative estimate of drug-likeness (QED) is 0.457. The highest BCUT2D eigenvalue weighted by molar-refractivity contribution is 8.00. The van der Waals surface area contributed by atoms with Gasteiger partial charge in [-0.15, -0.1) is 24.4 Å². The molecule has 146 valence electrons. The predicted octanol–water partition coefficient (Wildman–Crippen LogP) is 4.83. The fourth-order valence-corrected chi connectivity index (χ4v) is 3.93. The SMILES string of the molecule is COc1ccc(C(=O)N2CSc3ccccc32)cc1C#N.Nc1ccccc1S. The van der Waals surface area contributed by atoms with Gasteiger partial charge in [-0.2, -0.15) is 5.26 Å². The first-order valence-corrected chi connectivity index (χ1v) is 10.1. The second-order valence-electron chi connectivity index (χ2n) is 6.06. The van der Waals surface area contributed by atoms with Gasteiger partial charge in [0.2, 0.25) is 0 Å². The van der Waals surface area contributed by atoms with Crippen molar-refractivity contribution in [2.24, 2.45) is 0 Å². The van der Waals surface area contributed by atoms with E-state index in [4.69, 9.17) is 15.7 Å². The van der Waals surface area contributed by atoms with E-state index in [1.165, 1.54) is 7.11 Å². The molecule has 1 aliphatic heterocycles. The van der Waals surface area contributed by atoms with Crippen molar-refractivity contribution in [1.82, 2.24) is 0 Å². The molecular formula is C22H19N3O2S2. The average Bonchev–Trinajstić information content (AvgIpc) is 3.19. The van der Waals surface area contributed by atoms with Crippen LogP contribution < -0.4 is 15.4 Å². The Morgan fingerprint density at radius 3 is 2.55 bits per heavy atom. The Hall–Kier alpha value is -3.08. The number of amides is 1. The van der Waals surface area contributed by atoms with Crippen LogP contribution in [-0.2, 0) is 0 Å². The monoisotopic (exact) mass is 421 g/mol. The van der Waals surface area contributed by atoms with E-state index in [0.717, 1.165) is 21.2 Å². The summed E-state index contributed by atoms with van der Waals surface area (Å²) in [5, 5.41) is 9.12. The highest BCUT2D eigenvalue weighted by atomic mass is 32.2. The summed E-state index contributed by atoms with van der Waals surface area (Å²) in [6, 6.07) is 22.2. The van der Waals surface area contributed by atoms with Crippen molar-refractivity contribution in [2.75, 3.05) is 23.6 Å². The van der Waals surface area contributed by atoms with Gasteiger partial charge >= 0.3 is 0 Å². The number of benzene rings is 3. The molecule has 0 aromatic heterocycles. The number of thioether (sulfide) groups is 1. The minimum absolute atomic E-state index is 0.105. The number of hydrogen-bond donors (Lipinski definition) is 2. The minimum Gasteiger partial charge on any atom is -0.495 e. The van der Waals surface area contributed by atoms with Crippen LogP contribution in [0.25, 0.3) is 0 Å². The molecule has 0 spiro atoms. The summed E-state index contributed by atoms with van der Waals surface area (Å²) < 4.78 is 5.10. The molecule has 0 radical (unpaired) electrons. The van der Waals surface area contributed by atoms with Crippen molar-refractivity contribution in [3.63, 3.8) is 0 Å². The van der Waals surface area contributed by atoms with Crippen molar-refractivity contribution in [1.29, 1.82) is 5.26 Å². The molecule has 1 aliphatic rings. The molecule has 1 amide bonds. The molecule has 0 saturated carbocycles. The number of methoxy groups -OCH3 is 1. The van der Waals surface area contributed by atoms with Gasteiger partial charge in [0.15, 0.2) is 0 Å². The average molecular weight is 422 g/mol. The first-order chi connectivity index (χ1) is 14.0. The summed E-state index contributed by atoms with van der Waals surface area (Å²) in [7, 11) is 1.50. The molecule has 0 unspecified atom stereocenters. The summed E-state index contributed by atoms with van der Waals surface area (Å²) in [5.74, 6) is 0.961. The number of anilines is 2. The highest BCUT2D eigenvalue weighted by Crippen LogP contribution is 2.39. The lowest BCUT2D eigenvalue weighted by atomic mass is 10.1. The summed E-state index contributed by atoms with van der Waals surface area (Å²) in [6.45, 7) is 0. The van der Waals surface area contributed by atoms with E-state index in [1.54, 1.807) is 34.9 Å².